The molecule has 16 rings (SSSR count). The van der Waals surface area contributed by atoms with Crippen LogP contribution < -0.4 is 26.2 Å². The largest absolute Gasteiger partial charge is 0.310 e. The fourth-order valence-electron chi connectivity index (χ4n) is 15.0. The number of nitrogens with zero attached hydrogens (tertiary/aromatic N) is 2. The normalized spacial score (nSPS) is 13.2. The van der Waals surface area contributed by atoms with E-state index in [1.54, 1.807) is 0 Å². The lowest BCUT2D eigenvalue weighted by Crippen LogP contribution is -2.61. The lowest BCUT2D eigenvalue weighted by Gasteiger charge is -2.46. The highest BCUT2D eigenvalue weighted by Gasteiger charge is 2.46. The van der Waals surface area contributed by atoms with Gasteiger partial charge in [0.15, 0.2) is 0 Å². The second-order valence-electron chi connectivity index (χ2n) is 27.2. The predicted molar refractivity (Wildman–Crippen MR) is 387 cm³/mol. The van der Waals surface area contributed by atoms with E-state index in [1.807, 2.05) is 0 Å². The molecule has 2 aliphatic heterocycles. The Morgan fingerprint density at radius 2 is 0.626 bits per heavy atom. The van der Waals surface area contributed by atoms with E-state index in [0.717, 1.165) is 73.7 Å². The average molecular weight is 1170 g/mol. The van der Waals surface area contributed by atoms with Gasteiger partial charge in [0.1, 0.15) is 0 Å². The van der Waals surface area contributed by atoms with Crippen molar-refractivity contribution in [1.29, 1.82) is 0 Å². The SMILES string of the molecule is CC(C)(C)c1ccc(-c2ccc3c(c2)B2c4cc(-c5ccc(C(C)(C)C)cc5)ccc4N(c4c(-c5ccccc5)cccc4-c4ccccc4)c4cc(C5c6ccccc6Cc6ccccc65)cc(c42)N3c2c(-c3ccccc3)cccc2-c2ccccc2)cc1. The molecule has 0 saturated heterocycles. The fourth-order valence-corrected chi connectivity index (χ4v) is 15.0. The molecular weight excluding hydrogens is 1100 g/mol. The second-order valence-corrected chi connectivity index (χ2v) is 27.2. The van der Waals surface area contributed by atoms with E-state index in [4.69, 9.17) is 0 Å². The van der Waals surface area contributed by atoms with Crippen LogP contribution in [0, 0.1) is 0 Å². The topological polar surface area (TPSA) is 6.48 Å². The van der Waals surface area contributed by atoms with Gasteiger partial charge < -0.3 is 9.80 Å². The third kappa shape index (κ3) is 9.74. The third-order valence-corrected chi connectivity index (χ3v) is 19.6. The molecule has 0 aromatic heterocycles. The Morgan fingerprint density at radius 1 is 0.297 bits per heavy atom. The van der Waals surface area contributed by atoms with Crippen molar-refractivity contribution < 1.29 is 0 Å². The molecule has 13 aromatic carbocycles. The smallest absolute Gasteiger partial charge is 0.252 e. The average Bonchev–Trinajstić information content (AvgIpc) is 0.691. The minimum absolute atomic E-state index is 0.0141. The number of para-hydroxylation sites is 2. The van der Waals surface area contributed by atoms with Crippen LogP contribution in [-0.2, 0) is 17.3 Å². The summed E-state index contributed by atoms with van der Waals surface area (Å²) in [6.07, 6.45) is 0.889. The molecule has 2 nitrogen and oxygen atoms in total. The maximum absolute atomic E-state index is 2.70. The van der Waals surface area contributed by atoms with E-state index in [1.165, 1.54) is 89.0 Å². The Balaban J connectivity index is 1.09. The highest BCUT2D eigenvalue weighted by atomic mass is 15.2. The van der Waals surface area contributed by atoms with Crippen LogP contribution in [0.25, 0.3) is 66.8 Å². The van der Waals surface area contributed by atoms with Gasteiger partial charge in [-0.3, -0.25) is 0 Å². The summed E-state index contributed by atoms with van der Waals surface area (Å²) in [4.78, 5) is 5.40. The zero-order valence-electron chi connectivity index (χ0n) is 52.6. The summed E-state index contributed by atoms with van der Waals surface area (Å²) < 4.78 is 0. The van der Waals surface area contributed by atoms with Gasteiger partial charge in [0.2, 0.25) is 0 Å². The van der Waals surface area contributed by atoms with Gasteiger partial charge in [-0.25, -0.2) is 0 Å². The van der Waals surface area contributed by atoms with E-state index in [-0.39, 0.29) is 23.5 Å². The maximum Gasteiger partial charge on any atom is 0.252 e. The Kier molecular flexibility index (Phi) is 13.6. The summed E-state index contributed by atoms with van der Waals surface area (Å²) in [5, 5.41) is 0. The van der Waals surface area contributed by atoms with Crippen molar-refractivity contribution in [3.05, 3.63) is 342 Å². The number of fused-ring (bicyclic) bond motifs is 6. The van der Waals surface area contributed by atoms with Crippen LogP contribution in [0.2, 0.25) is 0 Å². The van der Waals surface area contributed by atoms with Crippen molar-refractivity contribution >= 4 is 57.2 Å². The van der Waals surface area contributed by atoms with Crippen molar-refractivity contribution in [2.45, 2.75) is 64.7 Å². The maximum atomic E-state index is 2.70. The zero-order chi connectivity index (χ0) is 61.5. The van der Waals surface area contributed by atoms with Crippen LogP contribution in [0.4, 0.5) is 34.1 Å². The summed E-state index contributed by atoms with van der Waals surface area (Å²) in [6, 6.07) is 115. The molecule has 91 heavy (non-hydrogen) atoms. The first kappa shape index (κ1) is 55.8. The molecule has 0 spiro atoms. The first-order valence-corrected chi connectivity index (χ1v) is 32.3. The molecule has 0 fully saturated rings. The summed E-state index contributed by atoms with van der Waals surface area (Å²) in [5.41, 5.74) is 34.2. The number of anilines is 6. The molecule has 3 heteroatoms. The van der Waals surface area contributed by atoms with Gasteiger partial charge in [-0.05, 0) is 141 Å². The van der Waals surface area contributed by atoms with Crippen molar-refractivity contribution in [2.24, 2.45) is 0 Å². The van der Waals surface area contributed by atoms with Crippen LogP contribution in [0.5, 0.6) is 0 Å². The molecule has 2 heterocycles. The monoisotopic (exact) mass is 1170 g/mol. The van der Waals surface area contributed by atoms with E-state index >= 15 is 0 Å². The summed E-state index contributed by atoms with van der Waals surface area (Å²) >= 11 is 0. The molecule has 0 N–H and O–H groups in total. The van der Waals surface area contributed by atoms with Crippen molar-refractivity contribution in [1.82, 2.24) is 0 Å². The third-order valence-electron chi connectivity index (χ3n) is 19.6. The van der Waals surface area contributed by atoms with Gasteiger partial charge in [0.05, 0.1) is 11.4 Å². The Morgan fingerprint density at radius 3 is 0.978 bits per heavy atom. The fraction of sp³-hybridized carbons (Fsp3) is 0.114. The van der Waals surface area contributed by atoms with Crippen LogP contribution in [0.1, 0.15) is 86.4 Å². The number of rotatable bonds is 9. The summed E-state index contributed by atoms with van der Waals surface area (Å²) in [6.45, 7) is 13.6. The van der Waals surface area contributed by atoms with E-state index in [2.05, 4.69) is 355 Å². The van der Waals surface area contributed by atoms with Gasteiger partial charge in [0.25, 0.3) is 6.71 Å². The zero-order valence-corrected chi connectivity index (χ0v) is 52.6. The molecular formula is C88H71BN2. The molecule has 13 aromatic rings. The Labute approximate surface area is 537 Å². The van der Waals surface area contributed by atoms with Gasteiger partial charge in [-0.2, -0.15) is 0 Å². The molecule has 0 bridgehead atoms. The van der Waals surface area contributed by atoms with E-state index in [9.17, 15) is 0 Å². The highest BCUT2D eigenvalue weighted by Crippen LogP contribution is 2.55. The molecule has 1 aliphatic carbocycles. The van der Waals surface area contributed by atoms with Crippen LogP contribution in [0.3, 0.4) is 0 Å². The highest BCUT2D eigenvalue weighted by molar-refractivity contribution is 7.00. The van der Waals surface area contributed by atoms with E-state index in [0.29, 0.717) is 0 Å². The van der Waals surface area contributed by atoms with Gasteiger partial charge in [-0.15, -0.1) is 0 Å². The van der Waals surface area contributed by atoms with Gasteiger partial charge >= 0.3 is 0 Å². The molecule has 0 amide bonds. The standard InChI is InChI=1S/C88H71BN2/c1-87(2,3)69-47-41-58(42-48-69)64-45-51-79-77(54-64)89-78-55-65(59-43-49-70(50-44-59)88(4,5)6)46-52-80(78)91(86-75(62-29-15-9-16-30-62)39-24-40-76(86)63-31-17-10-18-32-63)82-57-68(83-71-35-21-19-33-66(71)53-67-34-20-22-36-72(67)83)56-81(84(82)89)90(79)85-73(60-25-11-7-12-26-60)37-23-38-74(85)61-27-13-8-14-28-61/h7-52,54-57,83H,53H2,1-6H3. The lowest BCUT2D eigenvalue weighted by molar-refractivity contribution is 0.590. The molecule has 0 atom stereocenters. The lowest BCUT2D eigenvalue weighted by atomic mass is 9.33. The van der Waals surface area contributed by atoms with Crippen molar-refractivity contribution in [3.63, 3.8) is 0 Å². The molecule has 0 saturated carbocycles. The first-order chi connectivity index (χ1) is 44.4. The quantitative estimate of drug-likeness (QED) is 0.133. The van der Waals surface area contributed by atoms with Crippen LogP contribution in [-0.4, -0.2) is 6.71 Å². The van der Waals surface area contributed by atoms with Crippen molar-refractivity contribution in [3.8, 4) is 66.8 Å². The number of hydrogen-bond donors (Lipinski definition) is 0. The second kappa shape index (κ2) is 22.2. The molecule has 0 unspecified atom stereocenters. The summed E-state index contributed by atoms with van der Waals surface area (Å²) in [5.74, 6) is -0.0690. The first-order valence-electron chi connectivity index (χ1n) is 32.3. The summed E-state index contributed by atoms with van der Waals surface area (Å²) in [7, 11) is 0. The van der Waals surface area contributed by atoms with E-state index < -0.39 is 0 Å². The number of hydrogen-bond acceptors (Lipinski definition) is 2. The predicted octanol–water partition coefficient (Wildman–Crippen LogP) is 21.5. The van der Waals surface area contributed by atoms with Crippen molar-refractivity contribution in [2.75, 3.05) is 9.80 Å². The van der Waals surface area contributed by atoms with Gasteiger partial charge in [0, 0.05) is 50.9 Å². The Hall–Kier alpha value is -10.5. The van der Waals surface area contributed by atoms with Crippen LogP contribution in [0.15, 0.2) is 303 Å². The minimum Gasteiger partial charge on any atom is -0.310 e. The molecule has 0 radical (unpaired) electrons. The molecule has 3 aliphatic rings. The van der Waals surface area contributed by atoms with Gasteiger partial charge in [-0.1, -0.05) is 321 Å². The minimum atomic E-state index is -0.210. The number of benzene rings is 13. The Bertz CT molecular complexity index is 4480. The van der Waals surface area contributed by atoms with Crippen LogP contribution >= 0.6 is 0 Å². The molecule has 436 valence electrons.